The molecule has 62 valence electrons. The first-order valence-electron chi connectivity index (χ1n) is 3.77. The van der Waals surface area contributed by atoms with E-state index in [1.807, 2.05) is 12.3 Å². The summed E-state index contributed by atoms with van der Waals surface area (Å²) in [7, 11) is 0. The lowest BCUT2D eigenvalue weighted by atomic mass is 10.1. The van der Waals surface area contributed by atoms with Gasteiger partial charge in [-0.2, -0.15) is 0 Å². The minimum absolute atomic E-state index is 0. The number of nitrogens with two attached hydrogens (primary N) is 1. The quantitative estimate of drug-likeness (QED) is 0.703. The Balaban J connectivity index is 0.000000605. The molecule has 0 radical (unpaired) electrons. The molecule has 0 unspecified atom stereocenters. The Bertz CT molecular complexity index is 204. The first-order valence-corrected chi connectivity index (χ1v) is 3.77. The molecule has 1 heterocycles. The van der Waals surface area contributed by atoms with Crippen LogP contribution in [0.25, 0.3) is 0 Å². The summed E-state index contributed by atoms with van der Waals surface area (Å²) in [5.74, 6) is 0.749. The lowest BCUT2D eigenvalue weighted by molar-refractivity contribution is 0.618. The van der Waals surface area contributed by atoms with Gasteiger partial charge < -0.3 is 10.7 Å². The molecule has 1 saturated carbocycles. The third kappa shape index (κ3) is 1.76. The summed E-state index contributed by atoms with van der Waals surface area (Å²) in [6, 6.07) is 4.32. The zero-order valence-electron chi connectivity index (χ0n) is 6.29. The summed E-state index contributed by atoms with van der Waals surface area (Å²) in [5, 5.41) is 0. The number of rotatable bonds is 2. The predicted octanol–water partition coefficient (Wildman–Crippen LogP) is 1.85. The van der Waals surface area contributed by atoms with E-state index in [0.717, 1.165) is 5.92 Å². The van der Waals surface area contributed by atoms with E-state index in [1.54, 1.807) is 0 Å². The highest BCUT2D eigenvalue weighted by Crippen LogP contribution is 2.38. The molecule has 0 saturated heterocycles. The third-order valence-corrected chi connectivity index (χ3v) is 2.11. The summed E-state index contributed by atoms with van der Waals surface area (Å²) in [6.45, 7) is 0. The maximum atomic E-state index is 5.91. The van der Waals surface area contributed by atoms with Crippen LogP contribution in [-0.2, 0) is 0 Å². The molecule has 3 N–H and O–H groups in total. The number of H-pyrrole nitrogens is 1. The number of aromatic nitrogens is 1. The average Bonchev–Trinajstić information content (AvgIpc) is 2.65. The van der Waals surface area contributed by atoms with E-state index >= 15 is 0 Å². The fraction of sp³-hybridized carbons (Fsp3) is 0.500. The van der Waals surface area contributed by atoms with Gasteiger partial charge in [0.2, 0.25) is 0 Å². The van der Waals surface area contributed by atoms with Gasteiger partial charge in [0.1, 0.15) is 0 Å². The Labute approximate surface area is 72.6 Å². The molecule has 0 amide bonds. The van der Waals surface area contributed by atoms with Gasteiger partial charge in [-0.1, -0.05) is 0 Å². The van der Waals surface area contributed by atoms with Crippen LogP contribution < -0.4 is 5.73 Å². The minimum atomic E-state index is 0. The van der Waals surface area contributed by atoms with Crippen LogP contribution >= 0.6 is 12.4 Å². The molecular formula is C8H13ClN2. The molecule has 2 rings (SSSR count). The normalized spacial score (nSPS) is 19.0. The van der Waals surface area contributed by atoms with Crippen molar-refractivity contribution in [1.82, 2.24) is 4.98 Å². The van der Waals surface area contributed by atoms with E-state index in [4.69, 9.17) is 5.73 Å². The van der Waals surface area contributed by atoms with Crippen LogP contribution in [0.2, 0.25) is 0 Å². The molecule has 1 aliphatic carbocycles. The van der Waals surface area contributed by atoms with E-state index in [1.165, 1.54) is 18.5 Å². The lowest BCUT2D eigenvalue weighted by Gasteiger charge is -2.05. The molecule has 3 heteroatoms. The van der Waals surface area contributed by atoms with Crippen LogP contribution in [0.1, 0.15) is 24.6 Å². The number of nitrogens with one attached hydrogen (secondary N) is 1. The van der Waals surface area contributed by atoms with Gasteiger partial charge in [-0.3, -0.25) is 0 Å². The topological polar surface area (TPSA) is 41.8 Å². The first-order chi connectivity index (χ1) is 4.88. The predicted molar refractivity (Wildman–Crippen MR) is 47.7 cm³/mol. The van der Waals surface area contributed by atoms with E-state index in [2.05, 4.69) is 11.1 Å². The molecule has 11 heavy (non-hydrogen) atoms. The maximum absolute atomic E-state index is 5.91. The Morgan fingerprint density at radius 3 is 2.73 bits per heavy atom. The second-order valence-electron chi connectivity index (χ2n) is 2.99. The molecule has 0 bridgehead atoms. The van der Waals surface area contributed by atoms with Gasteiger partial charge in [0.05, 0.1) is 0 Å². The van der Waals surface area contributed by atoms with Gasteiger partial charge in [-0.15, -0.1) is 12.4 Å². The summed E-state index contributed by atoms with van der Waals surface area (Å²) in [5.41, 5.74) is 7.10. The first kappa shape index (κ1) is 8.62. The van der Waals surface area contributed by atoms with Crippen molar-refractivity contribution in [2.24, 2.45) is 11.7 Å². The van der Waals surface area contributed by atoms with Crippen molar-refractivity contribution in [3.63, 3.8) is 0 Å². The SMILES string of the molecule is Cl.N[C@@H](c1ccc[nH]1)C1CC1. The van der Waals surface area contributed by atoms with E-state index in [9.17, 15) is 0 Å². The highest BCUT2D eigenvalue weighted by atomic mass is 35.5. The second kappa shape index (κ2) is 3.28. The van der Waals surface area contributed by atoms with Crippen LogP contribution in [0, 0.1) is 5.92 Å². The van der Waals surface area contributed by atoms with Crippen LogP contribution in [0.5, 0.6) is 0 Å². The average molecular weight is 173 g/mol. The molecular weight excluding hydrogens is 160 g/mol. The molecule has 2 nitrogen and oxygen atoms in total. The molecule has 1 atom stereocenters. The molecule has 0 spiro atoms. The number of hydrogen-bond donors (Lipinski definition) is 2. The van der Waals surface area contributed by atoms with Crippen LogP contribution in [0.15, 0.2) is 18.3 Å². The highest BCUT2D eigenvalue weighted by Gasteiger charge is 2.29. The van der Waals surface area contributed by atoms with Crippen LogP contribution in [0.4, 0.5) is 0 Å². The van der Waals surface area contributed by atoms with Gasteiger partial charge in [0.15, 0.2) is 0 Å². The van der Waals surface area contributed by atoms with Crippen molar-refractivity contribution in [3.8, 4) is 0 Å². The van der Waals surface area contributed by atoms with E-state index in [0.29, 0.717) is 0 Å². The fourth-order valence-electron chi connectivity index (χ4n) is 1.26. The number of hydrogen-bond acceptors (Lipinski definition) is 1. The van der Waals surface area contributed by atoms with Gasteiger partial charge in [-0.05, 0) is 30.9 Å². The summed E-state index contributed by atoms with van der Waals surface area (Å²) in [4.78, 5) is 3.13. The Morgan fingerprint density at radius 1 is 1.55 bits per heavy atom. The Kier molecular flexibility index (Phi) is 2.58. The fourth-order valence-corrected chi connectivity index (χ4v) is 1.26. The molecule has 0 aromatic carbocycles. The summed E-state index contributed by atoms with van der Waals surface area (Å²) in [6.07, 6.45) is 4.54. The Hall–Kier alpha value is -0.470. The maximum Gasteiger partial charge on any atom is 0.0476 e. The van der Waals surface area contributed by atoms with Gasteiger partial charge in [-0.25, -0.2) is 0 Å². The third-order valence-electron chi connectivity index (χ3n) is 2.11. The van der Waals surface area contributed by atoms with Crippen molar-refractivity contribution < 1.29 is 0 Å². The van der Waals surface area contributed by atoms with Gasteiger partial charge in [0.25, 0.3) is 0 Å². The molecule has 1 aromatic heterocycles. The summed E-state index contributed by atoms with van der Waals surface area (Å²) >= 11 is 0. The van der Waals surface area contributed by atoms with Crippen molar-refractivity contribution in [3.05, 3.63) is 24.0 Å². The zero-order valence-corrected chi connectivity index (χ0v) is 7.10. The van der Waals surface area contributed by atoms with Gasteiger partial charge in [0, 0.05) is 17.9 Å². The largest absolute Gasteiger partial charge is 0.364 e. The van der Waals surface area contributed by atoms with Crippen molar-refractivity contribution >= 4 is 12.4 Å². The van der Waals surface area contributed by atoms with Crippen molar-refractivity contribution in [2.45, 2.75) is 18.9 Å². The minimum Gasteiger partial charge on any atom is -0.364 e. The summed E-state index contributed by atoms with van der Waals surface area (Å²) < 4.78 is 0. The number of aromatic amines is 1. The van der Waals surface area contributed by atoms with Crippen LogP contribution in [0.3, 0.4) is 0 Å². The standard InChI is InChI=1S/C8H12N2.ClH/c9-8(6-3-4-6)7-2-1-5-10-7;/h1-2,5-6,8,10H,3-4,9H2;1H/t8-;/m1./s1. The van der Waals surface area contributed by atoms with E-state index in [-0.39, 0.29) is 18.4 Å². The van der Waals surface area contributed by atoms with Crippen LogP contribution in [-0.4, -0.2) is 4.98 Å². The molecule has 0 aliphatic heterocycles. The van der Waals surface area contributed by atoms with Gasteiger partial charge >= 0.3 is 0 Å². The smallest absolute Gasteiger partial charge is 0.0476 e. The lowest BCUT2D eigenvalue weighted by Crippen LogP contribution is -2.12. The molecule has 1 aliphatic rings. The zero-order chi connectivity index (χ0) is 6.97. The second-order valence-corrected chi connectivity index (χ2v) is 2.99. The highest BCUT2D eigenvalue weighted by molar-refractivity contribution is 5.85. The number of halogens is 1. The monoisotopic (exact) mass is 172 g/mol. The molecule has 1 fully saturated rings. The van der Waals surface area contributed by atoms with Crippen molar-refractivity contribution in [2.75, 3.05) is 0 Å². The van der Waals surface area contributed by atoms with E-state index < -0.39 is 0 Å². The Morgan fingerprint density at radius 2 is 2.27 bits per heavy atom. The molecule has 1 aromatic rings. The van der Waals surface area contributed by atoms with Crippen molar-refractivity contribution in [1.29, 1.82) is 0 Å².